The van der Waals surface area contributed by atoms with E-state index in [0.717, 1.165) is 4.96 Å². The molecule has 1 N–H and O–H groups in total. The summed E-state index contributed by atoms with van der Waals surface area (Å²) in [4.78, 5) is 26.5. The predicted octanol–water partition coefficient (Wildman–Crippen LogP) is 2.47. The van der Waals surface area contributed by atoms with Crippen molar-refractivity contribution in [2.75, 3.05) is 26.2 Å². The summed E-state index contributed by atoms with van der Waals surface area (Å²) < 4.78 is 29.4. The van der Waals surface area contributed by atoms with E-state index in [1.807, 2.05) is 16.0 Å². The molecule has 12 heteroatoms. The van der Waals surface area contributed by atoms with Crippen LogP contribution in [0.2, 0.25) is 5.15 Å². The molecule has 0 unspecified atom stereocenters. The Morgan fingerprint density at radius 3 is 2.87 bits per heavy atom. The zero-order valence-electron chi connectivity index (χ0n) is 16.1. The molecule has 5 heterocycles. The van der Waals surface area contributed by atoms with Crippen molar-refractivity contribution in [2.24, 2.45) is 0 Å². The Balaban J connectivity index is 1.28. The lowest BCUT2D eigenvalue weighted by molar-refractivity contribution is -0.127. The number of fused-ring (bicyclic) bond motifs is 2. The number of hydrogen-bond donors (Lipinski definition) is 1. The summed E-state index contributed by atoms with van der Waals surface area (Å²) in [6.07, 6.45) is 8.00. The van der Waals surface area contributed by atoms with E-state index >= 15 is 0 Å². The van der Waals surface area contributed by atoms with E-state index in [2.05, 4.69) is 15.0 Å². The minimum Gasteiger partial charge on any atom is -0.345 e. The van der Waals surface area contributed by atoms with E-state index in [-0.39, 0.29) is 23.9 Å². The molecule has 0 saturated carbocycles. The van der Waals surface area contributed by atoms with Gasteiger partial charge in [0.15, 0.2) is 10.1 Å². The summed E-state index contributed by atoms with van der Waals surface area (Å²) in [6, 6.07) is 3.43. The molecule has 1 amide bonds. The number of aromatic nitrogens is 4. The number of nitrogens with one attached hydrogen (secondary N) is 1. The van der Waals surface area contributed by atoms with Crippen LogP contribution in [0, 0.1) is 0 Å². The minimum atomic E-state index is -3.69. The molecule has 160 valence electrons. The maximum Gasteiger partial charge on any atom is 0.246 e. The predicted molar refractivity (Wildman–Crippen MR) is 119 cm³/mol. The molecule has 4 aromatic rings. The smallest absolute Gasteiger partial charge is 0.246 e. The Hall–Kier alpha value is -2.73. The number of thiazole rings is 1. The lowest BCUT2D eigenvalue weighted by atomic mass is 10.3. The van der Waals surface area contributed by atoms with Gasteiger partial charge in [0.2, 0.25) is 15.9 Å². The van der Waals surface area contributed by atoms with Crippen molar-refractivity contribution in [3.05, 3.63) is 53.0 Å². The third kappa shape index (κ3) is 3.53. The van der Waals surface area contributed by atoms with Gasteiger partial charge in [-0.05, 0) is 18.2 Å². The van der Waals surface area contributed by atoms with Gasteiger partial charge in [0, 0.05) is 61.6 Å². The van der Waals surface area contributed by atoms with Gasteiger partial charge in [-0.1, -0.05) is 11.6 Å². The second-order valence-corrected chi connectivity index (χ2v) is 10.1. The monoisotopic (exact) mass is 476 g/mol. The van der Waals surface area contributed by atoms with Crippen LogP contribution in [0.15, 0.2) is 47.1 Å². The first-order valence-electron chi connectivity index (χ1n) is 9.45. The Morgan fingerprint density at radius 2 is 2.06 bits per heavy atom. The highest BCUT2D eigenvalue weighted by molar-refractivity contribution is 7.89. The second kappa shape index (κ2) is 7.75. The maximum atomic E-state index is 13.1. The Bertz CT molecular complexity index is 1410. The average Bonchev–Trinajstić information content (AvgIpc) is 3.47. The van der Waals surface area contributed by atoms with Gasteiger partial charge in [0.25, 0.3) is 0 Å². The van der Waals surface area contributed by atoms with Crippen molar-refractivity contribution in [3.8, 4) is 0 Å². The summed E-state index contributed by atoms with van der Waals surface area (Å²) in [6.45, 7) is 1.04. The third-order valence-electron chi connectivity index (χ3n) is 5.22. The van der Waals surface area contributed by atoms with E-state index in [1.165, 1.54) is 27.9 Å². The number of aromatic amines is 1. The first kappa shape index (κ1) is 20.2. The molecular weight excluding hydrogens is 460 g/mol. The highest BCUT2D eigenvalue weighted by atomic mass is 35.5. The van der Waals surface area contributed by atoms with Crippen LogP contribution in [0.3, 0.4) is 0 Å². The molecule has 0 aliphatic carbocycles. The van der Waals surface area contributed by atoms with E-state index in [0.29, 0.717) is 35.0 Å². The molecule has 1 aliphatic heterocycles. The number of pyridine rings is 1. The number of carbonyl (C=O) groups excluding carboxylic acids is 1. The fourth-order valence-corrected chi connectivity index (χ4v) is 6.19. The minimum absolute atomic E-state index is 0.199. The molecule has 1 fully saturated rings. The molecular formula is C19H17ClN6O3S2. The largest absolute Gasteiger partial charge is 0.345 e. The first-order valence-corrected chi connectivity index (χ1v) is 12.2. The molecule has 4 aromatic heterocycles. The molecule has 0 radical (unpaired) electrons. The lowest BCUT2D eigenvalue weighted by Crippen LogP contribution is -2.50. The van der Waals surface area contributed by atoms with Crippen molar-refractivity contribution >= 4 is 60.9 Å². The van der Waals surface area contributed by atoms with Crippen LogP contribution in [0.5, 0.6) is 0 Å². The summed E-state index contributed by atoms with van der Waals surface area (Å²) in [5.74, 6) is -0.199. The SMILES string of the molecule is O=C(C=Cc1c(Cl)nc2sccn12)N1CCN(S(=O)(=O)c2c[nH]c3ncccc23)CC1. The molecule has 5 rings (SSSR count). The fourth-order valence-electron chi connectivity index (χ4n) is 3.61. The fraction of sp³-hybridized carbons (Fsp3) is 0.211. The van der Waals surface area contributed by atoms with Gasteiger partial charge >= 0.3 is 0 Å². The van der Waals surface area contributed by atoms with Crippen molar-refractivity contribution in [2.45, 2.75) is 4.90 Å². The van der Waals surface area contributed by atoms with Gasteiger partial charge in [-0.3, -0.25) is 9.20 Å². The Morgan fingerprint density at radius 1 is 1.26 bits per heavy atom. The quantitative estimate of drug-likeness (QED) is 0.456. The molecule has 31 heavy (non-hydrogen) atoms. The van der Waals surface area contributed by atoms with Gasteiger partial charge in [0.1, 0.15) is 10.5 Å². The standard InChI is InChI=1S/C19H17ClN6O3S2/c20-17-14(26-10-11-30-19(26)23-17)3-4-16(27)24-6-8-25(9-7-24)31(28,29)15-12-22-18-13(15)2-1-5-21-18/h1-5,10-12H,6-9H2,(H,21,22). The van der Waals surface area contributed by atoms with Gasteiger partial charge in [0.05, 0.1) is 5.69 Å². The number of nitrogens with zero attached hydrogens (tertiary/aromatic N) is 5. The van der Waals surface area contributed by atoms with E-state index in [4.69, 9.17) is 11.6 Å². The van der Waals surface area contributed by atoms with Gasteiger partial charge in [-0.2, -0.15) is 4.31 Å². The summed E-state index contributed by atoms with van der Waals surface area (Å²) in [5, 5.41) is 2.78. The Labute approximate surface area is 186 Å². The van der Waals surface area contributed by atoms with Gasteiger partial charge in [-0.15, -0.1) is 11.3 Å². The molecule has 1 saturated heterocycles. The van der Waals surface area contributed by atoms with Crippen LogP contribution in [0.4, 0.5) is 0 Å². The molecule has 1 aliphatic rings. The van der Waals surface area contributed by atoms with Crippen molar-refractivity contribution in [1.29, 1.82) is 0 Å². The molecule has 0 atom stereocenters. The maximum absolute atomic E-state index is 13.1. The number of rotatable bonds is 4. The molecule has 0 spiro atoms. The summed E-state index contributed by atoms with van der Waals surface area (Å²) in [5.41, 5.74) is 1.17. The Kier molecular flexibility index (Phi) is 5.05. The summed E-state index contributed by atoms with van der Waals surface area (Å²) >= 11 is 7.61. The van der Waals surface area contributed by atoms with Crippen LogP contribution < -0.4 is 0 Å². The zero-order valence-corrected chi connectivity index (χ0v) is 18.5. The number of sulfonamides is 1. The number of imidazole rings is 1. The van der Waals surface area contributed by atoms with Gasteiger partial charge in [-0.25, -0.2) is 18.4 Å². The second-order valence-electron chi connectivity index (χ2n) is 6.96. The number of amides is 1. The number of H-pyrrole nitrogens is 1. The number of hydrogen-bond acceptors (Lipinski definition) is 6. The number of piperazine rings is 1. The van der Waals surface area contributed by atoms with Crippen molar-refractivity contribution < 1.29 is 13.2 Å². The van der Waals surface area contributed by atoms with Crippen LogP contribution in [-0.2, 0) is 14.8 Å². The lowest BCUT2D eigenvalue weighted by Gasteiger charge is -2.33. The zero-order chi connectivity index (χ0) is 21.6. The van der Waals surface area contributed by atoms with Crippen molar-refractivity contribution in [1.82, 2.24) is 28.6 Å². The van der Waals surface area contributed by atoms with Crippen LogP contribution in [0.1, 0.15) is 5.69 Å². The highest BCUT2D eigenvalue weighted by Gasteiger charge is 2.31. The molecule has 0 aromatic carbocycles. The van der Waals surface area contributed by atoms with Crippen LogP contribution in [0.25, 0.3) is 22.1 Å². The van der Waals surface area contributed by atoms with E-state index < -0.39 is 10.0 Å². The molecule has 0 bridgehead atoms. The third-order valence-corrected chi connectivity index (χ3v) is 8.19. The van der Waals surface area contributed by atoms with E-state index in [1.54, 1.807) is 29.3 Å². The number of carbonyl (C=O) groups is 1. The average molecular weight is 477 g/mol. The van der Waals surface area contributed by atoms with Crippen molar-refractivity contribution in [3.63, 3.8) is 0 Å². The summed E-state index contributed by atoms with van der Waals surface area (Å²) in [7, 11) is -3.69. The topological polar surface area (TPSA) is 104 Å². The molecule has 9 nitrogen and oxygen atoms in total. The highest BCUT2D eigenvalue weighted by Crippen LogP contribution is 2.25. The van der Waals surface area contributed by atoms with Crippen LogP contribution >= 0.6 is 22.9 Å². The number of halogens is 1. The van der Waals surface area contributed by atoms with Crippen LogP contribution in [-0.4, -0.2) is 69.1 Å². The normalized spacial score (nSPS) is 16.1. The first-order chi connectivity index (χ1) is 14.9. The van der Waals surface area contributed by atoms with Gasteiger partial charge < -0.3 is 9.88 Å². The van der Waals surface area contributed by atoms with E-state index in [9.17, 15) is 13.2 Å².